The van der Waals surface area contributed by atoms with Crippen LogP contribution in [0.5, 0.6) is 0 Å². The van der Waals surface area contributed by atoms with E-state index in [1.807, 2.05) is 6.07 Å². The van der Waals surface area contributed by atoms with Crippen molar-refractivity contribution in [2.24, 2.45) is 0 Å². The molecule has 5 aromatic heterocycles. The highest BCUT2D eigenvalue weighted by Crippen LogP contribution is 2.49. The second-order valence-corrected chi connectivity index (χ2v) is 34.6. The molecule has 0 aliphatic carbocycles. The van der Waals surface area contributed by atoms with Crippen LogP contribution in [0.1, 0.15) is 106 Å². The van der Waals surface area contributed by atoms with Gasteiger partial charge in [-0.1, -0.05) is 320 Å². The van der Waals surface area contributed by atoms with E-state index in [9.17, 15) is 0 Å². The SMILES string of the molecule is CC(C)(C)c1cc(-c2ccc(-c3ccccc3-c3cc(-c4ccccc4-c4ccc(-c5cc(C(C)(C)C)ncn5)cc4)cc(-c4cccc(-c5cc(-c6ccccc6-c6ccc(-c7cc(C(C)(C)C)ncn7)cc6)cc(-c6ccccc6-c6ccc(-c7cc(C(C)(C)C)ncn7)cc6)c5)c4-c4ccc(-c5ncccn5)cc4)c3)cc2)ncn1. The van der Waals surface area contributed by atoms with E-state index in [0.29, 0.717) is 5.82 Å². The zero-order valence-corrected chi connectivity index (χ0v) is 68.8. The van der Waals surface area contributed by atoms with Gasteiger partial charge in [0.2, 0.25) is 0 Å². The van der Waals surface area contributed by atoms with E-state index in [1.165, 1.54) is 0 Å². The summed E-state index contributed by atoms with van der Waals surface area (Å²) < 4.78 is 0. The van der Waals surface area contributed by atoms with Crippen molar-refractivity contribution in [3.63, 3.8) is 0 Å². The molecule has 0 atom stereocenters. The molecule has 0 aliphatic rings. The molecule has 0 saturated heterocycles. The third kappa shape index (κ3) is 16.1. The van der Waals surface area contributed by atoms with Gasteiger partial charge in [-0.15, -0.1) is 0 Å². The monoisotopic (exact) mass is 1530 g/mol. The highest BCUT2D eigenvalue weighted by Gasteiger charge is 2.26. The van der Waals surface area contributed by atoms with E-state index in [1.54, 1.807) is 37.7 Å². The minimum atomic E-state index is -0.136. The molecule has 0 bridgehead atoms. The van der Waals surface area contributed by atoms with E-state index in [4.69, 9.17) is 29.9 Å². The lowest BCUT2D eigenvalue weighted by molar-refractivity contribution is 0.567. The summed E-state index contributed by atoms with van der Waals surface area (Å²) in [4.78, 5) is 47.2. The van der Waals surface area contributed by atoms with Crippen LogP contribution in [0.15, 0.2) is 341 Å². The Morgan fingerprint density at radius 1 is 0.161 bits per heavy atom. The summed E-state index contributed by atoms with van der Waals surface area (Å²) in [5, 5.41) is 0. The van der Waals surface area contributed by atoms with Crippen molar-refractivity contribution in [1.82, 2.24) is 49.8 Å². The van der Waals surface area contributed by atoms with Gasteiger partial charge in [0.1, 0.15) is 25.3 Å². The first kappa shape index (κ1) is 76.7. The van der Waals surface area contributed by atoms with Gasteiger partial charge in [-0.2, -0.15) is 0 Å². The predicted octanol–water partition coefficient (Wildman–Crippen LogP) is 27.5. The molecule has 0 aliphatic heterocycles. The van der Waals surface area contributed by atoms with Crippen molar-refractivity contribution in [3.05, 3.63) is 364 Å². The van der Waals surface area contributed by atoms with Crippen LogP contribution in [-0.4, -0.2) is 49.8 Å². The van der Waals surface area contributed by atoms with Crippen molar-refractivity contribution in [2.45, 2.75) is 105 Å². The van der Waals surface area contributed by atoms with Gasteiger partial charge in [0.05, 0.1) is 22.8 Å². The van der Waals surface area contributed by atoms with Crippen molar-refractivity contribution in [2.75, 3.05) is 0 Å². The molecule has 10 heteroatoms. The third-order valence-electron chi connectivity index (χ3n) is 22.2. The number of nitrogens with zero attached hydrogens (tertiary/aromatic N) is 10. The fraction of sp³-hybridized carbons (Fsp3) is 0.148. The molecule has 0 spiro atoms. The van der Waals surface area contributed by atoms with Gasteiger partial charge in [-0.25, -0.2) is 49.8 Å². The zero-order valence-electron chi connectivity index (χ0n) is 68.8. The molecule has 12 aromatic carbocycles. The van der Waals surface area contributed by atoms with Crippen LogP contribution in [-0.2, 0) is 21.7 Å². The molecule has 574 valence electrons. The number of aromatic nitrogens is 10. The largest absolute Gasteiger partial charge is 0.241 e. The Kier molecular flexibility index (Phi) is 20.6. The highest BCUT2D eigenvalue weighted by atomic mass is 14.9. The topological polar surface area (TPSA) is 129 Å². The third-order valence-corrected chi connectivity index (χ3v) is 22.2. The molecule has 5 heterocycles. The van der Waals surface area contributed by atoms with Crippen LogP contribution < -0.4 is 0 Å². The van der Waals surface area contributed by atoms with Crippen LogP contribution in [0.3, 0.4) is 0 Å². The Labute approximate surface area is 692 Å². The van der Waals surface area contributed by atoms with Crippen LogP contribution in [0, 0.1) is 0 Å². The van der Waals surface area contributed by atoms with Crippen LogP contribution in [0.2, 0.25) is 0 Å². The van der Waals surface area contributed by atoms with Crippen molar-refractivity contribution in [1.29, 1.82) is 0 Å². The first-order chi connectivity index (χ1) is 57.0. The molecule has 118 heavy (non-hydrogen) atoms. The van der Waals surface area contributed by atoms with Gasteiger partial charge in [-0.05, 0) is 189 Å². The summed E-state index contributed by atoms with van der Waals surface area (Å²) in [6, 6.07) is 111. The lowest BCUT2D eigenvalue weighted by Crippen LogP contribution is -2.13. The lowest BCUT2D eigenvalue weighted by Gasteiger charge is -2.21. The normalized spacial score (nSPS) is 11.9. The molecule has 0 fully saturated rings. The first-order valence-corrected chi connectivity index (χ1v) is 40.4. The highest BCUT2D eigenvalue weighted by molar-refractivity contribution is 6.01. The summed E-state index contributed by atoms with van der Waals surface area (Å²) in [5.41, 5.74) is 35.6. The van der Waals surface area contributed by atoms with E-state index in [2.05, 4.69) is 400 Å². The van der Waals surface area contributed by atoms with E-state index in [-0.39, 0.29) is 21.7 Å². The second kappa shape index (κ2) is 31.7. The fourth-order valence-electron chi connectivity index (χ4n) is 15.7. The van der Waals surface area contributed by atoms with Gasteiger partial charge in [-0.3, -0.25) is 0 Å². The summed E-state index contributed by atoms with van der Waals surface area (Å²) in [6.07, 6.45) is 10.3. The number of hydrogen-bond donors (Lipinski definition) is 0. The van der Waals surface area contributed by atoms with Gasteiger partial charge in [0, 0.05) is 84.6 Å². The molecule has 0 N–H and O–H groups in total. The van der Waals surface area contributed by atoms with Gasteiger partial charge in [0.15, 0.2) is 5.82 Å². The Morgan fingerprint density at radius 3 is 0.610 bits per heavy atom. The first-order valence-electron chi connectivity index (χ1n) is 40.4. The summed E-state index contributed by atoms with van der Waals surface area (Å²) in [7, 11) is 0. The van der Waals surface area contributed by atoms with Gasteiger partial charge in [0.25, 0.3) is 0 Å². The van der Waals surface area contributed by atoms with Crippen molar-refractivity contribution < 1.29 is 0 Å². The number of rotatable bonds is 16. The van der Waals surface area contributed by atoms with E-state index in [0.717, 1.165) is 196 Å². The second-order valence-electron chi connectivity index (χ2n) is 34.6. The standard InChI is InChI=1S/C108H92N10/c1-105(2,3)99-61-95(111-65-115-99)73-41-33-69(34-42-73)85-23-13-17-27-89(85)79-55-80(90-28-18-14-24-86(90)70-35-43-74(44-36-70)96-62-100(106(4,5)6)116-66-112-96)58-83(57-79)93-31-21-32-94(103(93)77-49-51-78(52-50-77)104-109-53-22-54-110-104)84-59-81(91-29-19-15-25-87(91)71-37-45-75(46-38-71)97-63-101(107(7,8)9)117-67-113-97)56-82(60-84)92-30-20-16-26-88(92)72-39-47-76(48-40-72)98-64-102(108(10,11)12)118-68-114-98/h13-68H,1-12H3. The maximum Gasteiger partial charge on any atom is 0.159 e. The van der Waals surface area contributed by atoms with Crippen LogP contribution in [0.4, 0.5) is 0 Å². The smallest absolute Gasteiger partial charge is 0.159 e. The van der Waals surface area contributed by atoms with Crippen LogP contribution in [0.25, 0.3) is 179 Å². The summed E-state index contributed by atoms with van der Waals surface area (Å²) in [6.45, 7) is 26.2. The fourth-order valence-corrected chi connectivity index (χ4v) is 15.7. The summed E-state index contributed by atoms with van der Waals surface area (Å²) >= 11 is 0. The van der Waals surface area contributed by atoms with Gasteiger partial charge < -0.3 is 0 Å². The number of hydrogen-bond acceptors (Lipinski definition) is 10. The van der Waals surface area contributed by atoms with E-state index >= 15 is 0 Å². The van der Waals surface area contributed by atoms with Gasteiger partial charge >= 0.3 is 0 Å². The Balaban J connectivity index is 0.877. The van der Waals surface area contributed by atoms with Crippen molar-refractivity contribution in [3.8, 4) is 179 Å². The molecule has 10 nitrogen and oxygen atoms in total. The maximum atomic E-state index is 4.77. The minimum Gasteiger partial charge on any atom is -0.241 e. The van der Waals surface area contributed by atoms with E-state index < -0.39 is 0 Å². The molecular formula is C108H92N10. The Bertz CT molecular complexity index is 5860. The lowest BCUT2D eigenvalue weighted by atomic mass is 9.82. The molecule has 0 amide bonds. The van der Waals surface area contributed by atoms with Crippen molar-refractivity contribution >= 4 is 0 Å². The molecule has 0 unspecified atom stereocenters. The minimum absolute atomic E-state index is 0.136. The average Bonchev–Trinajstić information content (AvgIpc) is 0.384. The average molecular weight is 1530 g/mol. The maximum absolute atomic E-state index is 4.77. The molecular weight excluding hydrogens is 1440 g/mol. The Hall–Kier alpha value is -14.0. The molecule has 0 saturated carbocycles. The predicted molar refractivity (Wildman–Crippen MR) is 486 cm³/mol. The van der Waals surface area contributed by atoms with Crippen LogP contribution >= 0.6 is 0 Å². The zero-order chi connectivity index (χ0) is 81.5. The Morgan fingerprint density at radius 2 is 0.364 bits per heavy atom. The molecule has 17 rings (SSSR count). The molecule has 17 aromatic rings. The number of benzene rings is 12. The molecule has 0 radical (unpaired) electrons. The summed E-state index contributed by atoms with van der Waals surface area (Å²) in [5.74, 6) is 0.653. The quantitative estimate of drug-likeness (QED) is 0.0922.